The molecule has 0 saturated heterocycles. The Labute approximate surface area is 179 Å². The van der Waals surface area contributed by atoms with E-state index in [0.29, 0.717) is 41.9 Å². The van der Waals surface area contributed by atoms with Crippen molar-refractivity contribution in [1.82, 2.24) is 4.90 Å². The minimum atomic E-state index is -0.740. The van der Waals surface area contributed by atoms with Crippen molar-refractivity contribution < 1.29 is 28.7 Å². The molecule has 2 amide bonds. The van der Waals surface area contributed by atoms with Crippen LogP contribution >= 0.6 is 0 Å². The summed E-state index contributed by atoms with van der Waals surface area (Å²) in [4.78, 5) is 51.4. The number of ketones is 1. The third kappa shape index (κ3) is 4.08. The monoisotopic (exact) mass is 421 g/mol. The standard InChI is InChI=1S/C24H23NO6/c1-2-30-20-12-11-15(13-18(20)24(29)31-21-10-6-5-9-19(21)26)14-25-22(27)16-7-3-4-8-17(16)23(25)28/h3-4,7-8,11-13,21H,2,5-6,9-10,14H2,1H3. The van der Waals surface area contributed by atoms with Gasteiger partial charge in [0.25, 0.3) is 11.8 Å². The lowest BCUT2D eigenvalue weighted by atomic mass is 9.96. The number of amides is 2. The first-order valence-corrected chi connectivity index (χ1v) is 10.4. The smallest absolute Gasteiger partial charge is 0.342 e. The number of Topliss-reactive ketones (excluding diaryl/α,β-unsaturated/α-hetero) is 1. The van der Waals surface area contributed by atoms with Gasteiger partial charge in [0.15, 0.2) is 11.9 Å². The normalized spacial score (nSPS) is 18.2. The molecule has 31 heavy (non-hydrogen) atoms. The van der Waals surface area contributed by atoms with E-state index in [9.17, 15) is 19.2 Å². The lowest BCUT2D eigenvalue weighted by Gasteiger charge is -2.21. The molecule has 7 heteroatoms. The zero-order valence-corrected chi connectivity index (χ0v) is 17.3. The summed E-state index contributed by atoms with van der Waals surface area (Å²) in [6, 6.07) is 11.6. The predicted molar refractivity (Wildman–Crippen MR) is 111 cm³/mol. The topological polar surface area (TPSA) is 90.0 Å². The van der Waals surface area contributed by atoms with Crippen LogP contribution < -0.4 is 4.74 Å². The van der Waals surface area contributed by atoms with Gasteiger partial charge in [0.1, 0.15) is 11.3 Å². The molecule has 0 bridgehead atoms. The maximum Gasteiger partial charge on any atom is 0.342 e. The number of benzene rings is 2. The largest absolute Gasteiger partial charge is 0.493 e. The Morgan fingerprint density at radius 2 is 1.74 bits per heavy atom. The van der Waals surface area contributed by atoms with Gasteiger partial charge in [-0.25, -0.2) is 4.79 Å². The van der Waals surface area contributed by atoms with E-state index < -0.39 is 12.1 Å². The summed E-state index contributed by atoms with van der Waals surface area (Å²) in [5.41, 5.74) is 1.50. The van der Waals surface area contributed by atoms with Crippen LogP contribution in [0.15, 0.2) is 42.5 Å². The molecular formula is C24H23NO6. The molecule has 0 N–H and O–H groups in total. The van der Waals surface area contributed by atoms with Gasteiger partial charge in [-0.3, -0.25) is 19.3 Å². The van der Waals surface area contributed by atoms with Crippen LogP contribution in [-0.2, 0) is 16.1 Å². The molecule has 0 aromatic heterocycles. The lowest BCUT2D eigenvalue weighted by molar-refractivity contribution is -0.129. The van der Waals surface area contributed by atoms with Crippen molar-refractivity contribution in [1.29, 1.82) is 0 Å². The van der Waals surface area contributed by atoms with Gasteiger partial charge in [-0.1, -0.05) is 18.2 Å². The van der Waals surface area contributed by atoms with Gasteiger partial charge < -0.3 is 9.47 Å². The van der Waals surface area contributed by atoms with E-state index in [1.54, 1.807) is 49.4 Å². The molecule has 1 unspecified atom stereocenters. The molecule has 1 atom stereocenters. The average Bonchev–Trinajstić information content (AvgIpc) is 3.01. The van der Waals surface area contributed by atoms with Gasteiger partial charge in [-0.2, -0.15) is 0 Å². The molecule has 0 spiro atoms. The van der Waals surface area contributed by atoms with Gasteiger partial charge in [0, 0.05) is 6.42 Å². The van der Waals surface area contributed by atoms with E-state index in [4.69, 9.17) is 9.47 Å². The highest BCUT2D eigenvalue weighted by molar-refractivity contribution is 6.21. The molecule has 7 nitrogen and oxygen atoms in total. The van der Waals surface area contributed by atoms with Crippen LogP contribution in [0.1, 0.15) is 69.2 Å². The van der Waals surface area contributed by atoms with E-state index in [1.807, 2.05) is 0 Å². The van der Waals surface area contributed by atoms with Crippen LogP contribution in [0, 0.1) is 0 Å². The van der Waals surface area contributed by atoms with Gasteiger partial charge in [-0.05, 0) is 56.0 Å². The Morgan fingerprint density at radius 3 is 2.39 bits per heavy atom. The fraction of sp³-hybridized carbons (Fsp3) is 0.333. The number of carbonyl (C=O) groups excluding carboxylic acids is 4. The summed E-state index contributed by atoms with van der Waals surface area (Å²) < 4.78 is 11.0. The molecule has 2 aromatic rings. The Morgan fingerprint density at radius 1 is 1.03 bits per heavy atom. The third-order valence-electron chi connectivity index (χ3n) is 5.53. The van der Waals surface area contributed by atoms with Crippen LogP contribution in [0.25, 0.3) is 0 Å². The first-order valence-electron chi connectivity index (χ1n) is 10.4. The van der Waals surface area contributed by atoms with Crippen molar-refractivity contribution >= 4 is 23.6 Å². The van der Waals surface area contributed by atoms with Crippen LogP contribution in [0.4, 0.5) is 0 Å². The average molecular weight is 421 g/mol. The second-order valence-electron chi connectivity index (χ2n) is 7.61. The van der Waals surface area contributed by atoms with Crippen molar-refractivity contribution in [2.24, 2.45) is 0 Å². The number of rotatable bonds is 6. The first-order chi connectivity index (χ1) is 15.0. The van der Waals surface area contributed by atoms with Gasteiger partial charge in [-0.15, -0.1) is 0 Å². The highest BCUT2D eigenvalue weighted by Gasteiger charge is 2.35. The molecule has 1 aliphatic heterocycles. The second kappa shape index (κ2) is 8.71. The first kappa shape index (κ1) is 20.8. The molecule has 1 saturated carbocycles. The van der Waals surface area contributed by atoms with Crippen LogP contribution in [-0.4, -0.2) is 41.2 Å². The highest BCUT2D eigenvalue weighted by atomic mass is 16.5. The van der Waals surface area contributed by atoms with E-state index in [1.165, 1.54) is 0 Å². The van der Waals surface area contributed by atoms with Crippen LogP contribution in [0.2, 0.25) is 0 Å². The molecule has 4 rings (SSSR count). The SMILES string of the molecule is CCOc1ccc(CN2C(=O)c3ccccc3C2=O)cc1C(=O)OC1CCCCC1=O. The molecule has 1 fully saturated rings. The Balaban J connectivity index is 1.57. The fourth-order valence-corrected chi connectivity index (χ4v) is 3.95. The van der Waals surface area contributed by atoms with E-state index in [-0.39, 0.29) is 29.7 Å². The number of ether oxygens (including phenoxy) is 2. The molecule has 2 aromatic carbocycles. The minimum Gasteiger partial charge on any atom is -0.493 e. The van der Waals surface area contributed by atoms with Gasteiger partial charge in [0.2, 0.25) is 0 Å². The lowest BCUT2D eigenvalue weighted by Crippen LogP contribution is -2.30. The number of hydrogen-bond donors (Lipinski definition) is 0. The van der Waals surface area contributed by atoms with E-state index >= 15 is 0 Å². The third-order valence-corrected chi connectivity index (χ3v) is 5.53. The Kier molecular flexibility index (Phi) is 5.84. The minimum absolute atomic E-state index is 0.0153. The van der Waals surface area contributed by atoms with Crippen LogP contribution in [0.5, 0.6) is 5.75 Å². The highest BCUT2D eigenvalue weighted by Crippen LogP contribution is 2.28. The number of esters is 1. The van der Waals surface area contributed by atoms with Crippen LogP contribution in [0.3, 0.4) is 0 Å². The molecule has 160 valence electrons. The molecule has 2 aliphatic rings. The maximum atomic E-state index is 12.8. The molecule has 1 aliphatic carbocycles. The summed E-state index contributed by atoms with van der Waals surface area (Å²) in [5, 5.41) is 0. The zero-order valence-electron chi connectivity index (χ0n) is 17.3. The number of imide groups is 1. The molecule has 1 heterocycles. The number of fused-ring (bicyclic) bond motifs is 1. The van der Waals surface area contributed by atoms with Crippen molar-refractivity contribution in [3.63, 3.8) is 0 Å². The molecule has 0 radical (unpaired) electrons. The Hall–Kier alpha value is -3.48. The molecular weight excluding hydrogens is 398 g/mol. The summed E-state index contributed by atoms with van der Waals surface area (Å²) in [5.74, 6) is -1.12. The quantitative estimate of drug-likeness (QED) is 0.523. The predicted octanol–water partition coefficient (Wildman–Crippen LogP) is 3.55. The summed E-state index contributed by atoms with van der Waals surface area (Å²) >= 11 is 0. The number of carbonyl (C=O) groups is 4. The number of hydrogen-bond acceptors (Lipinski definition) is 6. The van der Waals surface area contributed by atoms with Crippen molar-refractivity contribution in [3.8, 4) is 5.75 Å². The van der Waals surface area contributed by atoms with Gasteiger partial charge in [0.05, 0.1) is 24.3 Å². The van der Waals surface area contributed by atoms with Crippen molar-refractivity contribution in [2.75, 3.05) is 6.61 Å². The van der Waals surface area contributed by atoms with E-state index in [2.05, 4.69) is 0 Å². The second-order valence-corrected chi connectivity index (χ2v) is 7.61. The summed E-state index contributed by atoms with van der Waals surface area (Å²) in [7, 11) is 0. The zero-order chi connectivity index (χ0) is 22.0. The van der Waals surface area contributed by atoms with E-state index in [0.717, 1.165) is 17.7 Å². The maximum absolute atomic E-state index is 12.8. The Bertz CT molecular complexity index is 1020. The fourth-order valence-electron chi connectivity index (χ4n) is 3.95. The number of nitrogens with zero attached hydrogens (tertiary/aromatic N) is 1. The van der Waals surface area contributed by atoms with Gasteiger partial charge >= 0.3 is 5.97 Å². The summed E-state index contributed by atoms with van der Waals surface area (Å²) in [6.07, 6.45) is 1.84. The van der Waals surface area contributed by atoms with Crippen molar-refractivity contribution in [2.45, 2.75) is 45.3 Å². The van der Waals surface area contributed by atoms with Crippen molar-refractivity contribution in [3.05, 3.63) is 64.7 Å². The summed E-state index contributed by atoms with van der Waals surface area (Å²) in [6.45, 7) is 2.16.